The van der Waals surface area contributed by atoms with Crippen LogP contribution in [0.25, 0.3) is 0 Å². The summed E-state index contributed by atoms with van der Waals surface area (Å²) in [5.41, 5.74) is 2.17. The number of aliphatic carboxylic acids is 2. The van der Waals surface area contributed by atoms with E-state index in [2.05, 4.69) is 36.5 Å². The summed E-state index contributed by atoms with van der Waals surface area (Å²) in [5, 5.41) is 29.1. The van der Waals surface area contributed by atoms with E-state index in [1.54, 1.807) is 43.1 Å². The van der Waals surface area contributed by atoms with Gasteiger partial charge in [-0.2, -0.15) is 0 Å². The van der Waals surface area contributed by atoms with Crippen LogP contribution in [0.3, 0.4) is 0 Å². The van der Waals surface area contributed by atoms with Crippen molar-refractivity contribution in [3.8, 4) is 0 Å². The van der Waals surface area contributed by atoms with Gasteiger partial charge in [0.25, 0.3) is 0 Å². The first kappa shape index (κ1) is 58.0. The summed E-state index contributed by atoms with van der Waals surface area (Å²) in [5.74, 6) is -3.63. The van der Waals surface area contributed by atoms with Crippen molar-refractivity contribution < 1.29 is 65.9 Å². The summed E-state index contributed by atoms with van der Waals surface area (Å²) < 4.78 is 78.7. The van der Waals surface area contributed by atoms with Gasteiger partial charge in [-0.25, -0.2) is 46.7 Å². The van der Waals surface area contributed by atoms with E-state index in [4.69, 9.17) is 50.7 Å². The number of esters is 2. The van der Waals surface area contributed by atoms with Crippen molar-refractivity contribution in [2.75, 3.05) is 65.8 Å². The maximum absolute atomic E-state index is 14.5. The van der Waals surface area contributed by atoms with Gasteiger partial charge in [-0.05, 0) is 69.4 Å². The third-order valence-corrected chi connectivity index (χ3v) is 14.9. The molecule has 18 nitrogen and oxygen atoms in total. The molecule has 0 saturated carbocycles. The number of nitrogens with one attached hydrogen (secondary N) is 2. The molecule has 6 unspecified atom stereocenters. The lowest BCUT2D eigenvalue weighted by Gasteiger charge is -2.39. The maximum Gasteiger partial charge on any atom is 0.338 e. The van der Waals surface area contributed by atoms with E-state index in [0.29, 0.717) is 74.4 Å². The van der Waals surface area contributed by atoms with Crippen LogP contribution >= 0.6 is 50.2 Å². The number of halogens is 6. The molecule has 0 spiro atoms. The Balaban J connectivity index is 0.000000221. The number of aliphatic imine (C=N–C) groups is 2. The molecular weight excluding hydrogens is 1130 g/mol. The Morgan fingerprint density at radius 1 is 0.711 bits per heavy atom. The van der Waals surface area contributed by atoms with Gasteiger partial charge >= 0.3 is 23.9 Å². The smallest absolute Gasteiger partial charge is 0.338 e. The number of carboxylic acid groups (broad SMARTS) is 2. The highest BCUT2D eigenvalue weighted by Crippen LogP contribution is 2.39. The van der Waals surface area contributed by atoms with Gasteiger partial charge in [0.2, 0.25) is 0 Å². The Bertz CT molecular complexity index is 2640. The number of amidine groups is 2. The summed E-state index contributed by atoms with van der Waals surface area (Å²) in [4.78, 5) is 70.3. The van der Waals surface area contributed by atoms with E-state index in [1.807, 2.05) is 9.80 Å². The van der Waals surface area contributed by atoms with Gasteiger partial charge in [0.05, 0.1) is 37.6 Å². The normalized spacial score (nSPS) is 22.1. The molecule has 4 aliphatic rings. The fourth-order valence-electron chi connectivity index (χ4n) is 8.97. The maximum atomic E-state index is 14.5. The first-order valence-corrected chi connectivity index (χ1v) is 27.0. The number of rotatable bonds is 20. The number of alkyl halides is 2. The molecule has 76 heavy (non-hydrogen) atoms. The SMILES string of the molecule is CCOC(=O)C1=C(CN2CC(F)CCC2COCC(=O)O)NC(c2nccs2)=NC1c1ccc(F)cc1Br.CCOC(=O)C1=C(CN2CC(F)CCC2COCC(=O)O)NC(c2nccs2)=NC1c1ccc(F)cc1Cl. The average molecular weight is 1180 g/mol. The highest BCUT2D eigenvalue weighted by molar-refractivity contribution is 9.10. The largest absolute Gasteiger partial charge is 0.480 e. The highest BCUT2D eigenvalue weighted by atomic mass is 79.9. The summed E-state index contributed by atoms with van der Waals surface area (Å²) in [6.45, 7) is 3.20. The van der Waals surface area contributed by atoms with Gasteiger partial charge in [-0.1, -0.05) is 39.7 Å². The summed E-state index contributed by atoms with van der Waals surface area (Å²) >= 11 is 12.5. The Morgan fingerprint density at radius 3 is 1.57 bits per heavy atom. The van der Waals surface area contributed by atoms with Crippen molar-refractivity contribution in [1.29, 1.82) is 0 Å². The number of thiazole rings is 2. The van der Waals surface area contributed by atoms with Gasteiger partial charge in [-0.3, -0.25) is 19.8 Å². The van der Waals surface area contributed by atoms with Gasteiger partial charge in [0.1, 0.15) is 49.3 Å². The molecular formula is C50H54BrClF4N8O10S2. The van der Waals surface area contributed by atoms with Crippen molar-refractivity contribution >= 4 is 85.8 Å². The number of hydrogen-bond donors (Lipinski definition) is 4. The van der Waals surface area contributed by atoms with Crippen LogP contribution < -0.4 is 10.6 Å². The van der Waals surface area contributed by atoms with Gasteiger partial charge in [0.15, 0.2) is 21.7 Å². The quantitative estimate of drug-likeness (QED) is 0.0493. The zero-order valence-corrected chi connectivity index (χ0v) is 45.0. The average Bonchev–Trinajstić information content (AvgIpc) is 4.12. The van der Waals surface area contributed by atoms with Crippen molar-refractivity contribution in [2.24, 2.45) is 9.98 Å². The zero-order chi connectivity index (χ0) is 54.5. The van der Waals surface area contributed by atoms with E-state index in [-0.39, 0.29) is 80.9 Å². The monoisotopic (exact) mass is 1180 g/mol. The van der Waals surface area contributed by atoms with Crippen LogP contribution in [0.15, 0.2) is 96.5 Å². The number of nitrogens with zero attached hydrogens (tertiary/aromatic N) is 6. The minimum absolute atomic E-state index is 0.0636. The molecule has 2 aromatic heterocycles. The molecule has 8 rings (SSSR count). The number of hydrogen-bond acceptors (Lipinski definition) is 18. The second kappa shape index (κ2) is 27.6. The summed E-state index contributed by atoms with van der Waals surface area (Å²) in [7, 11) is 0. The minimum Gasteiger partial charge on any atom is -0.480 e. The number of piperidine rings is 2. The van der Waals surface area contributed by atoms with E-state index in [0.717, 1.165) is 6.07 Å². The lowest BCUT2D eigenvalue weighted by molar-refractivity contribution is -0.144. The van der Waals surface area contributed by atoms with Crippen LogP contribution in [-0.4, -0.2) is 156 Å². The Kier molecular flexibility index (Phi) is 21.1. The Morgan fingerprint density at radius 2 is 1.16 bits per heavy atom. The summed E-state index contributed by atoms with van der Waals surface area (Å²) in [6, 6.07) is 5.64. The van der Waals surface area contributed by atoms with Gasteiger partial charge in [-0.15, -0.1) is 22.7 Å². The number of benzene rings is 2. The molecule has 2 saturated heterocycles. The number of carboxylic acids is 2. The number of likely N-dealkylation sites (tertiary alicyclic amines) is 2. The molecule has 2 aromatic carbocycles. The molecule has 2 fully saturated rings. The predicted octanol–water partition coefficient (Wildman–Crippen LogP) is 7.60. The number of ether oxygens (including phenoxy) is 4. The third kappa shape index (κ3) is 15.3. The lowest BCUT2D eigenvalue weighted by atomic mass is 9.94. The van der Waals surface area contributed by atoms with E-state index < -0.39 is 73.2 Å². The molecule has 408 valence electrons. The zero-order valence-electron chi connectivity index (χ0n) is 41.1. The molecule has 6 atom stereocenters. The second-order valence-corrected chi connectivity index (χ2v) is 20.6. The van der Waals surface area contributed by atoms with E-state index in [1.165, 1.54) is 46.9 Å². The van der Waals surface area contributed by atoms with Crippen molar-refractivity contribution in [2.45, 2.75) is 76.0 Å². The number of aromatic nitrogens is 2. The standard InChI is InChI=1S/C25H27BrF2N4O5S.C25H27ClF2N4O5S/c2*1-2-37-25(35)21-19(11-32-10-15(28)3-5-16(32)12-36-13-20(33)34)30-23(24-29-7-8-38-24)31-22(21)17-6-4-14(27)9-18(17)26/h2*4,6-9,15-16,22H,2-3,5,10-13H2,1H3,(H,30,31)(H,33,34). The van der Waals surface area contributed by atoms with Crippen LogP contribution in [0.5, 0.6) is 0 Å². The molecule has 0 amide bonds. The first-order chi connectivity index (χ1) is 36.5. The first-order valence-electron chi connectivity index (χ1n) is 24.1. The Hall–Kier alpha value is -5.67. The summed E-state index contributed by atoms with van der Waals surface area (Å²) in [6.07, 6.45) is 2.60. The topological polar surface area (TPSA) is 227 Å². The molecule has 0 radical (unpaired) electrons. The molecule has 0 aliphatic carbocycles. The molecule has 26 heteroatoms. The van der Waals surface area contributed by atoms with E-state index >= 15 is 0 Å². The molecule has 6 heterocycles. The van der Waals surface area contributed by atoms with Gasteiger partial charge < -0.3 is 39.8 Å². The van der Waals surface area contributed by atoms with Crippen LogP contribution in [0.1, 0.15) is 72.8 Å². The van der Waals surface area contributed by atoms with Crippen molar-refractivity contribution in [1.82, 2.24) is 30.4 Å². The number of carbonyl (C=O) groups is 4. The molecule has 4 aromatic rings. The Labute approximate surface area is 456 Å². The fourth-order valence-corrected chi connectivity index (χ4v) is 11.0. The van der Waals surface area contributed by atoms with Crippen LogP contribution in [0.2, 0.25) is 5.02 Å². The molecule has 4 aliphatic heterocycles. The van der Waals surface area contributed by atoms with Crippen LogP contribution in [0.4, 0.5) is 17.6 Å². The lowest BCUT2D eigenvalue weighted by Crippen LogP contribution is -2.50. The number of carbonyl (C=O) groups excluding carboxylic acids is 2. The molecule has 4 N–H and O–H groups in total. The van der Waals surface area contributed by atoms with Crippen LogP contribution in [-0.2, 0) is 38.1 Å². The van der Waals surface area contributed by atoms with E-state index in [9.17, 15) is 36.7 Å². The fraction of sp³-hybridized carbons (Fsp3) is 0.440. The van der Waals surface area contributed by atoms with Crippen molar-refractivity contribution in [3.63, 3.8) is 0 Å². The highest BCUT2D eigenvalue weighted by Gasteiger charge is 2.39. The molecule has 0 bridgehead atoms. The third-order valence-electron chi connectivity index (χ3n) is 12.3. The van der Waals surface area contributed by atoms with Crippen molar-refractivity contribution in [3.05, 3.63) is 124 Å². The van der Waals surface area contributed by atoms with Crippen LogP contribution in [0, 0.1) is 11.6 Å². The minimum atomic E-state index is -1.10. The van der Waals surface area contributed by atoms with Gasteiger partial charge in [0, 0.05) is 87.9 Å². The second-order valence-electron chi connectivity index (χ2n) is 17.6. The predicted molar refractivity (Wildman–Crippen MR) is 278 cm³/mol.